The Bertz CT molecular complexity index is 1430. The van der Waals surface area contributed by atoms with Crippen LogP contribution in [0.2, 0.25) is 0 Å². The van der Waals surface area contributed by atoms with Crippen LogP contribution in [0.15, 0.2) is 53.6 Å². The van der Waals surface area contributed by atoms with Crippen molar-refractivity contribution in [1.82, 2.24) is 19.1 Å². The van der Waals surface area contributed by atoms with Gasteiger partial charge in [0.05, 0.1) is 36.2 Å². The molecule has 36 heavy (non-hydrogen) atoms. The number of benzene rings is 2. The maximum atomic E-state index is 14.6. The Balaban J connectivity index is 1.54. The van der Waals surface area contributed by atoms with Gasteiger partial charge in [0.15, 0.2) is 0 Å². The Morgan fingerprint density at radius 2 is 1.81 bits per heavy atom. The van der Waals surface area contributed by atoms with E-state index in [9.17, 15) is 9.18 Å². The summed E-state index contributed by atoms with van der Waals surface area (Å²) in [6.07, 6.45) is 4.85. The number of aryl methyl sites for hydroxylation is 1. The van der Waals surface area contributed by atoms with E-state index in [0.29, 0.717) is 31.1 Å². The summed E-state index contributed by atoms with van der Waals surface area (Å²) in [6.45, 7) is 7.76. The molecule has 0 unspecified atom stereocenters. The second-order valence-electron chi connectivity index (χ2n) is 9.73. The Morgan fingerprint density at radius 3 is 2.50 bits per heavy atom. The van der Waals surface area contributed by atoms with Gasteiger partial charge in [0.1, 0.15) is 17.1 Å². The van der Waals surface area contributed by atoms with Gasteiger partial charge in [-0.1, -0.05) is 32.0 Å². The lowest BCUT2D eigenvalue weighted by Gasteiger charge is -2.35. The molecule has 0 radical (unpaired) electrons. The molecule has 1 saturated heterocycles. The fraction of sp³-hybridized carbons (Fsp3) is 0.393. The van der Waals surface area contributed by atoms with E-state index in [1.54, 1.807) is 30.1 Å². The number of hydrogen-bond acceptors (Lipinski definition) is 5. The molecule has 1 aliphatic rings. The van der Waals surface area contributed by atoms with Crippen LogP contribution in [0.25, 0.3) is 11.0 Å². The number of fused-ring (bicyclic) bond motifs is 1. The predicted octanol–water partition coefficient (Wildman–Crippen LogP) is 5.06. The molecule has 0 bridgehead atoms. The number of methoxy groups -OCH3 is 1. The van der Waals surface area contributed by atoms with Gasteiger partial charge >= 0.3 is 5.69 Å². The molecule has 5 rings (SSSR count). The van der Waals surface area contributed by atoms with Crippen LogP contribution in [-0.4, -0.2) is 39.3 Å². The third-order valence-electron chi connectivity index (χ3n) is 7.16. The number of rotatable bonds is 6. The van der Waals surface area contributed by atoms with Crippen molar-refractivity contribution < 1.29 is 9.13 Å². The topological polar surface area (TPSA) is 65.2 Å². The van der Waals surface area contributed by atoms with Crippen molar-refractivity contribution in [3.05, 3.63) is 82.0 Å². The van der Waals surface area contributed by atoms with Crippen LogP contribution in [0.3, 0.4) is 0 Å². The lowest BCUT2D eigenvalue weighted by Crippen LogP contribution is -2.38. The number of piperidine rings is 1. The lowest BCUT2D eigenvalue weighted by atomic mass is 10.0. The van der Waals surface area contributed by atoms with Crippen LogP contribution in [0, 0.1) is 12.7 Å². The van der Waals surface area contributed by atoms with Crippen LogP contribution in [0.5, 0.6) is 5.75 Å². The molecular weight excluding hydrogens is 457 g/mol. The van der Waals surface area contributed by atoms with Crippen molar-refractivity contribution >= 4 is 16.7 Å². The Kier molecular flexibility index (Phi) is 6.51. The van der Waals surface area contributed by atoms with Crippen molar-refractivity contribution in [2.24, 2.45) is 0 Å². The summed E-state index contributed by atoms with van der Waals surface area (Å²) in [4.78, 5) is 25.1. The zero-order valence-electron chi connectivity index (χ0n) is 21.2. The third-order valence-corrected chi connectivity index (χ3v) is 7.16. The summed E-state index contributed by atoms with van der Waals surface area (Å²) in [5.41, 5.74) is 4.77. The first-order valence-electron chi connectivity index (χ1n) is 12.5. The van der Waals surface area contributed by atoms with E-state index >= 15 is 0 Å². The van der Waals surface area contributed by atoms with E-state index in [1.165, 1.54) is 6.07 Å². The first-order chi connectivity index (χ1) is 17.4. The second kappa shape index (κ2) is 9.76. The SMILES string of the molecule is COc1cccc2c1n(Cc1nccnc1C(C)C)c(=O)n2C1CCN(c2c(C)cccc2F)CC1. The fourth-order valence-corrected chi connectivity index (χ4v) is 5.47. The highest BCUT2D eigenvalue weighted by molar-refractivity contribution is 5.83. The summed E-state index contributed by atoms with van der Waals surface area (Å²) in [7, 11) is 1.62. The maximum absolute atomic E-state index is 14.6. The molecular formula is C28H32FN5O2. The average Bonchev–Trinajstić information content (AvgIpc) is 3.15. The van der Waals surface area contributed by atoms with Gasteiger partial charge < -0.3 is 9.64 Å². The van der Waals surface area contributed by atoms with Crippen molar-refractivity contribution in [3.8, 4) is 5.75 Å². The minimum Gasteiger partial charge on any atom is -0.494 e. The lowest BCUT2D eigenvalue weighted by molar-refractivity contribution is 0.389. The number of halogens is 1. The molecule has 2 aromatic carbocycles. The monoisotopic (exact) mass is 489 g/mol. The molecule has 0 spiro atoms. The van der Waals surface area contributed by atoms with E-state index in [0.717, 1.165) is 40.8 Å². The number of para-hydroxylation sites is 2. The predicted molar refractivity (Wildman–Crippen MR) is 140 cm³/mol. The van der Waals surface area contributed by atoms with Gasteiger partial charge in [0, 0.05) is 31.5 Å². The normalized spacial score (nSPS) is 14.7. The minimum atomic E-state index is -0.197. The molecule has 188 valence electrons. The summed E-state index contributed by atoms with van der Waals surface area (Å²) in [6, 6.07) is 11.0. The third kappa shape index (κ3) is 4.14. The molecule has 0 amide bonds. The first-order valence-corrected chi connectivity index (χ1v) is 12.5. The molecule has 2 aromatic heterocycles. The van der Waals surface area contributed by atoms with E-state index in [-0.39, 0.29) is 23.5 Å². The molecule has 8 heteroatoms. The number of imidazole rings is 1. The summed E-state index contributed by atoms with van der Waals surface area (Å²) in [5.74, 6) is 0.639. The van der Waals surface area contributed by atoms with Crippen LogP contribution in [-0.2, 0) is 6.54 Å². The van der Waals surface area contributed by atoms with Gasteiger partial charge in [0.25, 0.3) is 0 Å². The summed E-state index contributed by atoms with van der Waals surface area (Å²) < 4.78 is 23.9. The molecule has 0 atom stereocenters. The van der Waals surface area contributed by atoms with Gasteiger partial charge in [-0.3, -0.25) is 19.1 Å². The Morgan fingerprint density at radius 1 is 1.08 bits per heavy atom. The van der Waals surface area contributed by atoms with Gasteiger partial charge in [-0.2, -0.15) is 0 Å². The number of anilines is 1. The Hall–Kier alpha value is -3.68. The van der Waals surface area contributed by atoms with Crippen molar-refractivity contribution in [1.29, 1.82) is 0 Å². The molecule has 1 aliphatic heterocycles. The molecule has 1 fully saturated rings. The first kappa shape index (κ1) is 24.0. The molecule has 0 aliphatic carbocycles. The van der Waals surface area contributed by atoms with Crippen LogP contribution in [0.4, 0.5) is 10.1 Å². The smallest absolute Gasteiger partial charge is 0.329 e. The van der Waals surface area contributed by atoms with Crippen molar-refractivity contribution in [2.45, 2.75) is 52.1 Å². The van der Waals surface area contributed by atoms with Crippen molar-refractivity contribution in [2.75, 3.05) is 25.1 Å². The summed E-state index contributed by atoms with van der Waals surface area (Å²) in [5, 5.41) is 0. The van der Waals surface area contributed by atoms with Gasteiger partial charge in [0.2, 0.25) is 0 Å². The minimum absolute atomic E-state index is 0.00288. The van der Waals surface area contributed by atoms with E-state index in [1.807, 2.05) is 35.8 Å². The number of nitrogens with zero attached hydrogens (tertiary/aromatic N) is 5. The second-order valence-corrected chi connectivity index (χ2v) is 9.73. The highest BCUT2D eigenvalue weighted by Crippen LogP contribution is 2.33. The molecule has 3 heterocycles. The highest BCUT2D eigenvalue weighted by atomic mass is 19.1. The van der Waals surface area contributed by atoms with Crippen molar-refractivity contribution in [3.63, 3.8) is 0 Å². The van der Waals surface area contributed by atoms with E-state index < -0.39 is 0 Å². The average molecular weight is 490 g/mol. The maximum Gasteiger partial charge on any atom is 0.329 e. The van der Waals surface area contributed by atoms with Gasteiger partial charge in [-0.25, -0.2) is 9.18 Å². The molecule has 7 nitrogen and oxygen atoms in total. The van der Waals surface area contributed by atoms with E-state index in [2.05, 4.69) is 28.7 Å². The van der Waals surface area contributed by atoms with Crippen LogP contribution >= 0.6 is 0 Å². The molecule has 4 aromatic rings. The van der Waals surface area contributed by atoms with Crippen LogP contribution in [0.1, 0.15) is 55.6 Å². The van der Waals surface area contributed by atoms with Crippen LogP contribution < -0.4 is 15.3 Å². The molecule has 0 saturated carbocycles. The number of aromatic nitrogens is 4. The molecule has 0 N–H and O–H groups in total. The highest BCUT2D eigenvalue weighted by Gasteiger charge is 2.28. The standard InChI is InChI=1S/C28H32FN5O2/c1-18(2)25-22(30-13-14-31-25)17-33-27-23(9-6-10-24(27)36-4)34(28(33)35)20-11-15-32(16-12-20)26-19(3)7-5-8-21(26)29/h5-10,13-14,18,20H,11-12,15-17H2,1-4H3. The number of ether oxygens (including phenoxy) is 1. The fourth-order valence-electron chi connectivity index (χ4n) is 5.47. The van der Waals surface area contributed by atoms with Gasteiger partial charge in [-0.05, 0) is 49.4 Å². The summed E-state index contributed by atoms with van der Waals surface area (Å²) >= 11 is 0. The largest absolute Gasteiger partial charge is 0.494 e. The number of hydrogen-bond donors (Lipinski definition) is 0. The zero-order chi connectivity index (χ0) is 25.4. The quantitative estimate of drug-likeness (QED) is 0.379. The van der Waals surface area contributed by atoms with E-state index in [4.69, 9.17) is 4.74 Å². The Labute approximate surface area is 210 Å². The zero-order valence-corrected chi connectivity index (χ0v) is 21.2. The van der Waals surface area contributed by atoms with Gasteiger partial charge in [-0.15, -0.1) is 0 Å².